The molecule has 1 aliphatic rings. The Morgan fingerprint density at radius 3 is 2.95 bits per heavy atom. The number of aryl methyl sites for hydroxylation is 2. The Hall–Kier alpha value is -2.47. The van der Waals surface area contributed by atoms with E-state index in [9.17, 15) is 4.79 Å². The predicted octanol–water partition coefficient (Wildman–Crippen LogP) is 2.88. The lowest BCUT2D eigenvalue weighted by molar-refractivity contribution is 0.102. The number of nitrogens with one attached hydrogen (secondary N) is 2. The van der Waals surface area contributed by atoms with Gasteiger partial charge in [0.2, 0.25) is 5.95 Å². The van der Waals surface area contributed by atoms with Gasteiger partial charge in [0.15, 0.2) is 0 Å². The first-order valence-corrected chi connectivity index (χ1v) is 7.50. The molecule has 1 aromatic carbocycles. The Morgan fingerprint density at radius 2 is 2.10 bits per heavy atom. The minimum Gasteiger partial charge on any atom is -0.290 e. The van der Waals surface area contributed by atoms with Crippen molar-refractivity contribution in [3.8, 4) is 10.4 Å². The topological polar surface area (TPSA) is 70.7 Å². The lowest BCUT2D eigenvalue weighted by Crippen LogP contribution is -2.11. The fourth-order valence-electron chi connectivity index (χ4n) is 2.62. The molecule has 0 atom stereocenters. The molecule has 0 fully saturated rings. The molecule has 0 radical (unpaired) electrons. The molecule has 2 heterocycles. The molecule has 4 rings (SSSR count). The first-order chi connectivity index (χ1) is 10.3. The average molecular weight is 296 g/mol. The van der Waals surface area contributed by atoms with Crippen LogP contribution < -0.4 is 5.32 Å². The van der Waals surface area contributed by atoms with E-state index in [4.69, 9.17) is 0 Å². The fourth-order valence-corrected chi connectivity index (χ4v) is 3.78. The van der Waals surface area contributed by atoms with Crippen LogP contribution in [0.4, 0.5) is 5.95 Å². The molecule has 3 aromatic rings. The van der Waals surface area contributed by atoms with E-state index in [1.807, 2.05) is 12.1 Å². The van der Waals surface area contributed by atoms with Crippen LogP contribution in [0.25, 0.3) is 10.4 Å². The van der Waals surface area contributed by atoms with Gasteiger partial charge in [-0.25, -0.2) is 5.10 Å². The normalized spacial score (nSPS) is 12.6. The summed E-state index contributed by atoms with van der Waals surface area (Å²) in [7, 11) is 0. The zero-order valence-electron chi connectivity index (χ0n) is 11.1. The maximum absolute atomic E-state index is 12.3. The number of nitrogens with zero attached hydrogens (tertiary/aromatic N) is 2. The van der Waals surface area contributed by atoms with Crippen LogP contribution in [0.3, 0.4) is 0 Å². The van der Waals surface area contributed by atoms with Crippen molar-refractivity contribution in [1.29, 1.82) is 0 Å². The molecular weight excluding hydrogens is 284 g/mol. The second-order valence-electron chi connectivity index (χ2n) is 4.91. The van der Waals surface area contributed by atoms with E-state index < -0.39 is 0 Å². The number of aromatic amines is 1. The van der Waals surface area contributed by atoms with Gasteiger partial charge in [0, 0.05) is 4.88 Å². The van der Waals surface area contributed by atoms with Crippen LogP contribution in [0, 0.1) is 0 Å². The number of amides is 1. The molecule has 0 saturated heterocycles. The van der Waals surface area contributed by atoms with Gasteiger partial charge in [-0.05, 0) is 35.6 Å². The highest BCUT2D eigenvalue weighted by Crippen LogP contribution is 2.39. The number of H-pyrrole nitrogens is 1. The van der Waals surface area contributed by atoms with Crippen molar-refractivity contribution in [2.45, 2.75) is 12.8 Å². The number of fused-ring (bicyclic) bond motifs is 3. The van der Waals surface area contributed by atoms with Crippen LogP contribution in [0.5, 0.6) is 0 Å². The third-order valence-corrected chi connectivity index (χ3v) is 4.81. The van der Waals surface area contributed by atoms with Gasteiger partial charge in [0.05, 0.1) is 4.88 Å². The van der Waals surface area contributed by atoms with Gasteiger partial charge in [-0.3, -0.25) is 10.1 Å². The second kappa shape index (κ2) is 4.82. The summed E-state index contributed by atoms with van der Waals surface area (Å²) in [5.74, 6) is 0.218. The van der Waals surface area contributed by atoms with E-state index in [1.165, 1.54) is 39.2 Å². The minimum absolute atomic E-state index is 0.149. The molecule has 0 spiro atoms. The summed E-state index contributed by atoms with van der Waals surface area (Å²) in [4.78, 5) is 18.1. The molecule has 104 valence electrons. The van der Waals surface area contributed by atoms with E-state index in [1.54, 1.807) is 0 Å². The maximum Gasteiger partial charge on any atom is 0.268 e. The van der Waals surface area contributed by atoms with E-state index in [0.717, 1.165) is 12.8 Å². The van der Waals surface area contributed by atoms with Crippen LogP contribution in [0.15, 0.2) is 36.7 Å². The number of hydrogen-bond donors (Lipinski definition) is 2. The molecular formula is C15H12N4OS. The number of carbonyl (C=O) groups excluding carboxylic acids is 1. The third kappa shape index (κ3) is 2.13. The molecule has 1 amide bonds. The maximum atomic E-state index is 12.3. The average Bonchev–Trinajstić information content (AvgIpc) is 3.15. The van der Waals surface area contributed by atoms with Crippen molar-refractivity contribution in [1.82, 2.24) is 15.2 Å². The number of benzene rings is 1. The number of anilines is 1. The van der Waals surface area contributed by atoms with Crippen molar-refractivity contribution >= 4 is 23.2 Å². The van der Waals surface area contributed by atoms with Crippen molar-refractivity contribution in [2.24, 2.45) is 0 Å². The standard InChI is InChI=1S/C15H12N4OS/c20-14(18-15-16-8-17-19-15)12-7-10-6-5-9-3-1-2-4-11(9)13(10)21-12/h1-4,7-8H,5-6H2,(H2,16,17,18,19,20). The zero-order chi connectivity index (χ0) is 14.2. The lowest BCUT2D eigenvalue weighted by atomic mass is 9.91. The van der Waals surface area contributed by atoms with E-state index in [-0.39, 0.29) is 5.91 Å². The quantitative estimate of drug-likeness (QED) is 0.764. The smallest absolute Gasteiger partial charge is 0.268 e. The summed E-state index contributed by atoms with van der Waals surface area (Å²) in [6, 6.07) is 10.4. The first-order valence-electron chi connectivity index (χ1n) is 6.69. The Kier molecular flexibility index (Phi) is 2.82. The van der Waals surface area contributed by atoms with Crippen LogP contribution in [0.2, 0.25) is 0 Å². The van der Waals surface area contributed by atoms with Gasteiger partial charge in [-0.2, -0.15) is 10.1 Å². The summed E-state index contributed by atoms with van der Waals surface area (Å²) < 4.78 is 0. The number of rotatable bonds is 2. The second-order valence-corrected chi connectivity index (χ2v) is 5.96. The zero-order valence-corrected chi connectivity index (χ0v) is 11.9. The predicted molar refractivity (Wildman–Crippen MR) is 81.5 cm³/mol. The summed E-state index contributed by atoms with van der Waals surface area (Å²) in [5, 5.41) is 9.06. The van der Waals surface area contributed by atoms with E-state index in [0.29, 0.717) is 10.8 Å². The number of carbonyl (C=O) groups is 1. The van der Waals surface area contributed by atoms with E-state index in [2.05, 4.69) is 38.7 Å². The van der Waals surface area contributed by atoms with Crippen LogP contribution >= 0.6 is 11.3 Å². The molecule has 0 aliphatic heterocycles. The molecule has 1 aliphatic carbocycles. The van der Waals surface area contributed by atoms with Crippen LogP contribution in [-0.2, 0) is 12.8 Å². The highest BCUT2D eigenvalue weighted by Gasteiger charge is 2.21. The minimum atomic E-state index is -0.149. The van der Waals surface area contributed by atoms with Crippen molar-refractivity contribution in [2.75, 3.05) is 5.32 Å². The number of hydrogen-bond acceptors (Lipinski definition) is 4. The van der Waals surface area contributed by atoms with Gasteiger partial charge in [-0.15, -0.1) is 11.3 Å². The Balaban J connectivity index is 1.68. The van der Waals surface area contributed by atoms with Crippen molar-refractivity contribution in [3.05, 3.63) is 52.7 Å². The monoisotopic (exact) mass is 296 g/mol. The highest BCUT2D eigenvalue weighted by atomic mass is 32.1. The molecule has 0 saturated carbocycles. The molecule has 0 unspecified atom stereocenters. The van der Waals surface area contributed by atoms with Crippen molar-refractivity contribution < 1.29 is 4.79 Å². The van der Waals surface area contributed by atoms with Gasteiger partial charge in [0.25, 0.3) is 5.91 Å². The van der Waals surface area contributed by atoms with Crippen LogP contribution in [0.1, 0.15) is 20.8 Å². The van der Waals surface area contributed by atoms with Crippen molar-refractivity contribution in [3.63, 3.8) is 0 Å². The molecule has 6 heteroatoms. The lowest BCUT2D eigenvalue weighted by Gasteiger charge is -2.15. The van der Waals surface area contributed by atoms with Gasteiger partial charge in [-0.1, -0.05) is 24.3 Å². The Labute approximate surface area is 125 Å². The Morgan fingerprint density at radius 1 is 1.24 bits per heavy atom. The molecule has 2 aromatic heterocycles. The fraction of sp³-hybridized carbons (Fsp3) is 0.133. The number of thiophene rings is 1. The first kappa shape index (κ1) is 12.3. The molecule has 0 bridgehead atoms. The van der Waals surface area contributed by atoms with Crippen LogP contribution in [-0.4, -0.2) is 21.1 Å². The molecule has 2 N–H and O–H groups in total. The SMILES string of the molecule is O=C(Nc1ncn[nH]1)c1cc2c(s1)-c1ccccc1CC2. The summed E-state index contributed by atoms with van der Waals surface area (Å²) in [6.45, 7) is 0. The summed E-state index contributed by atoms with van der Waals surface area (Å²) >= 11 is 1.53. The molecule has 5 nitrogen and oxygen atoms in total. The molecule has 21 heavy (non-hydrogen) atoms. The Bertz CT molecular complexity index is 807. The highest BCUT2D eigenvalue weighted by molar-refractivity contribution is 7.17. The van der Waals surface area contributed by atoms with Gasteiger partial charge >= 0.3 is 0 Å². The van der Waals surface area contributed by atoms with E-state index >= 15 is 0 Å². The summed E-state index contributed by atoms with van der Waals surface area (Å²) in [6.07, 6.45) is 3.38. The van der Waals surface area contributed by atoms with Gasteiger partial charge in [0.1, 0.15) is 6.33 Å². The largest absolute Gasteiger partial charge is 0.290 e. The van der Waals surface area contributed by atoms with Gasteiger partial charge < -0.3 is 0 Å². The summed E-state index contributed by atoms with van der Waals surface area (Å²) in [5.41, 5.74) is 3.86. The third-order valence-electron chi connectivity index (χ3n) is 3.61. The number of aromatic nitrogens is 3.